The summed E-state index contributed by atoms with van der Waals surface area (Å²) in [4.78, 5) is 22.5. The van der Waals surface area contributed by atoms with E-state index in [0.29, 0.717) is 30.6 Å². The molecule has 6 atom stereocenters. The van der Waals surface area contributed by atoms with Crippen LogP contribution in [-0.2, 0) is 9.59 Å². The summed E-state index contributed by atoms with van der Waals surface area (Å²) < 4.78 is 0. The maximum atomic E-state index is 11.4. The minimum absolute atomic E-state index is 0.0181. The summed E-state index contributed by atoms with van der Waals surface area (Å²) in [5.74, 6) is 0.945. The van der Waals surface area contributed by atoms with Gasteiger partial charge in [0.25, 0.3) is 0 Å². The van der Waals surface area contributed by atoms with Crippen LogP contribution in [0.4, 0.5) is 0 Å². The molecule has 0 aromatic rings. The molecule has 5 heteroatoms. The van der Waals surface area contributed by atoms with Gasteiger partial charge in [-0.15, -0.1) is 0 Å². The van der Waals surface area contributed by atoms with Gasteiger partial charge in [0, 0.05) is 19.3 Å². The van der Waals surface area contributed by atoms with E-state index in [0.717, 1.165) is 35.3 Å². The first-order valence-corrected chi connectivity index (χ1v) is 15.1. The highest BCUT2D eigenvalue weighted by Gasteiger charge is 2.50. The van der Waals surface area contributed by atoms with Gasteiger partial charge in [0.2, 0.25) is 0 Å². The van der Waals surface area contributed by atoms with Gasteiger partial charge in [-0.2, -0.15) is 0 Å². The number of aliphatic carboxylic acids is 2. The fraction of sp³-hybridized carbons (Fsp3) is 0.758. The van der Waals surface area contributed by atoms with Crippen molar-refractivity contribution in [1.29, 1.82) is 0 Å². The highest BCUT2D eigenvalue weighted by molar-refractivity contribution is 5.67. The summed E-state index contributed by atoms with van der Waals surface area (Å²) in [5, 5.41) is 29.8. The number of hydrogen-bond donors (Lipinski definition) is 3. The monoisotopic (exact) mass is 528 g/mol. The molecule has 0 spiro atoms. The van der Waals surface area contributed by atoms with Crippen LogP contribution in [0.5, 0.6) is 0 Å². The summed E-state index contributed by atoms with van der Waals surface area (Å²) in [6.45, 7) is 13.9. The molecule has 3 fully saturated rings. The van der Waals surface area contributed by atoms with Crippen molar-refractivity contribution in [3.05, 3.63) is 35.5 Å². The van der Waals surface area contributed by atoms with E-state index in [9.17, 15) is 24.9 Å². The summed E-state index contributed by atoms with van der Waals surface area (Å²) in [7, 11) is 0. The van der Waals surface area contributed by atoms with Crippen molar-refractivity contribution in [2.75, 3.05) is 0 Å². The molecule has 0 aromatic carbocycles. The van der Waals surface area contributed by atoms with Crippen LogP contribution in [0.25, 0.3) is 0 Å². The molecular weight excluding hydrogens is 476 g/mol. The van der Waals surface area contributed by atoms with E-state index in [4.69, 9.17) is 0 Å². The van der Waals surface area contributed by atoms with E-state index in [1.54, 1.807) is 0 Å². The largest absolute Gasteiger partial charge is 0.481 e. The van der Waals surface area contributed by atoms with Crippen LogP contribution in [0.1, 0.15) is 118 Å². The quantitative estimate of drug-likeness (QED) is 0.239. The molecule has 0 heterocycles. The molecule has 0 radical (unpaired) electrons. The smallest absolute Gasteiger partial charge is 0.303 e. The topological polar surface area (TPSA) is 94.8 Å². The van der Waals surface area contributed by atoms with Crippen molar-refractivity contribution in [3.63, 3.8) is 0 Å². The number of carboxylic acids is 2. The third-order valence-electron chi connectivity index (χ3n) is 10.2. The van der Waals surface area contributed by atoms with Gasteiger partial charge in [-0.25, -0.2) is 0 Å². The number of fused-ring (bicyclic) bond motifs is 1. The van der Waals surface area contributed by atoms with Crippen LogP contribution < -0.4 is 0 Å². The van der Waals surface area contributed by atoms with E-state index >= 15 is 0 Å². The predicted molar refractivity (Wildman–Crippen MR) is 153 cm³/mol. The Morgan fingerprint density at radius 3 is 2.45 bits per heavy atom. The Morgan fingerprint density at radius 2 is 1.79 bits per heavy atom. The number of carboxylic acid groups (broad SMARTS) is 2. The second-order valence-corrected chi connectivity index (χ2v) is 13.5. The standard InChI is InChI=1S/C33H52O5/c1-22(2)8-6-9-23(3)28-14-15-29-25(10-7-18-32(28,29)5)11-12-26-20-33(38,19-17-31(36)37)21-27(24(26)4)13-16-30(34)35/h11-12,22-23,27-29,38H,4,6-10,13-21H2,1-3,5H3,(H,34,35)(H,36,37)/b25-11+,26-12-/t23-,27+,28-,29+,32-,33-/m1/s1. The first-order chi connectivity index (χ1) is 17.8. The molecule has 0 saturated heterocycles. The number of aliphatic hydroxyl groups is 1. The van der Waals surface area contributed by atoms with Crippen LogP contribution in [0, 0.1) is 35.0 Å². The minimum Gasteiger partial charge on any atom is -0.481 e. The average Bonchev–Trinajstić information content (AvgIpc) is 3.19. The molecule has 0 unspecified atom stereocenters. The van der Waals surface area contributed by atoms with Crippen molar-refractivity contribution in [2.24, 2.45) is 35.0 Å². The van der Waals surface area contributed by atoms with Crippen LogP contribution in [-0.4, -0.2) is 32.9 Å². The molecule has 3 aliphatic rings. The Kier molecular flexibility index (Phi) is 10.5. The Balaban J connectivity index is 1.79. The molecule has 0 bridgehead atoms. The molecule has 0 amide bonds. The van der Waals surface area contributed by atoms with Crippen molar-refractivity contribution < 1.29 is 24.9 Å². The van der Waals surface area contributed by atoms with E-state index < -0.39 is 17.5 Å². The molecule has 3 rings (SSSR count). The van der Waals surface area contributed by atoms with Crippen molar-refractivity contribution >= 4 is 11.9 Å². The number of carbonyl (C=O) groups is 2. The van der Waals surface area contributed by atoms with Gasteiger partial charge in [-0.3, -0.25) is 9.59 Å². The average molecular weight is 529 g/mol. The van der Waals surface area contributed by atoms with Crippen LogP contribution >= 0.6 is 0 Å². The number of allylic oxidation sites excluding steroid dienone is 4. The van der Waals surface area contributed by atoms with Crippen molar-refractivity contribution in [1.82, 2.24) is 0 Å². The summed E-state index contributed by atoms with van der Waals surface area (Å²) >= 11 is 0. The molecule has 5 nitrogen and oxygen atoms in total. The lowest BCUT2D eigenvalue weighted by atomic mass is 9.60. The van der Waals surface area contributed by atoms with Gasteiger partial charge >= 0.3 is 11.9 Å². The van der Waals surface area contributed by atoms with Crippen molar-refractivity contribution in [3.8, 4) is 0 Å². The third kappa shape index (κ3) is 7.61. The predicted octanol–water partition coefficient (Wildman–Crippen LogP) is 7.94. The maximum Gasteiger partial charge on any atom is 0.303 e. The zero-order valence-corrected chi connectivity index (χ0v) is 24.3. The first kappa shape index (κ1) is 30.7. The lowest BCUT2D eigenvalue weighted by Gasteiger charge is -2.44. The van der Waals surface area contributed by atoms with Gasteiger partial charge in [0.1, 0.15) is 0 Å². The van der Waals surface area contributed by atoms with Gasteiger partial charge in [-0.05, 0) is 97.5 Å². The van der Waals surface area contributed by atoms with E-state index in [1.165, 1.54) is 50.5 Å². The molecule has 3 N–H and O–H groups in total. The van der Waals surface area contributed by atoms with E-state index in [2.05, 4.69) is 46.4 Å². The second kappa shape index (κ2) is 13.0. The first-order valence-electron chi connectivity index (χ1n) is 15.1. The lowest BCUT2D eigenvalue weighted by Crippen LogP contribution is -2.38. The van der Waals surface area contributed by atoms with Gasteiger partial charge in [0.05, 0.1) is 5.60 Å². The van der Waals surface area contributed by atoms with Gasteiger partial charge < -0.3 is 15.3 Å². The number of hydrogen-bond acceptors (Lipinski definition) is 3. The van der Waals surface area contributed by atoms with Crippen LogP contribution in [0.15, 0.2) is 35.5 Å². The molecular formula is C33H52O5. The maximum absolute atomic E-state index is 11.4. The molecule has 38 heavy (non-hydrogen) atoms. The SMILES string of the molecule is C=C1/C(=C\C=C2/CCC[C@]3(C)[C@@H]([C@H](C)CCCC(C)C)CC[C@@H]23)C[C@](O)(CCC(=O)O)C[C@@H]1CCC(=O)O. The highest BCUT2D eigenvalue weighted by Crippen LogP contribution is 2.60. The second-order valence-electron chi connectivity index (χ2n) is 13.5. The van der Waals surface area contributed by atoms with Crippen LogP contribution in [0.3, 0.4) is 0 Å². The molecule has 3 aliphatic carbocycles. The van der Waals surface area contributed by atoms with Gasteiger partial charge in [0.15, 0.2) is 0 Å². The van der Waals surface area contributed by atoms with E-state index in [-0.39, 0.29) is 25.2 Å². The normalized spacial score (nSPS) is 34.6. The Morgan fingerprint density at radius 1 is 1.08 bits per heavy atom. The fourth-order valence-electron chi connectivity index (χ4n) is 8.13. The molecule has 0 aromatic heterocycles. The molecule has 0 aliphatic heterocycles. The van der Waals surface area contributed by atoms with Gasteiger partial charge in [-0.1, -0.05) is 71.3 Å². The van der Waals surface area contributed by atoms with Crippen molar-refractivity contribution in [2.45, 2.75) is 123 Å². The minimum atomic E-state index is -1.14. The number of rotatable bonds is 12. The van der Waals surface area contributed by atoms with Crippen LogP contribution in [0.2, 0.25) is 0 Å². The molecule has 214 valence electrons. The molecule has 3 saturated carbocycles. The van der Waals surface area contributed by atoms with E-state index in [1.807, 2.05) is 0 Å². The summed E-state index contributed by atoms with van der Waals surface area (Å²) in [5.41, 5.74) is 2.58. The zero-order valence-electron chi connectivity index (χ0n) is 24.3. The summed E-state index contributed by atoms with van der Waals surface area (Å²) in [6.07, 6.45) is 15.8. The zero-order chi connectivity index (χ0) is 28.1. The fourth-order valence-corrected chi connectivity index (χ4v) is 8.13. The Bertz CT molecular complexity index is 930. The third-order valence-corrected chi connectivity index (χ3v) is 10.2. The lowest BCUT2D eigenvalue weighted by molar-refractivity contribution is -0.138. The summed E-state index contributed by atoms with van der Waals surface area (Å²) in [6, 6.07) is 0. The Hall–Kier alpha value is -1.88. The highest BCUT2D eigenvalue weighted by atomic mass is 16.4. The Labute approximate surface area is 230 Å².